The number of epoxide rings is 1. The average Bonchev–Trinajstić information content (AvgIpc) is 3.28. The zero-order valence-electron chi connectivity index (χ0n) is 17.8. The average molecular weight is 440 g/mol. The van der Waals surface area contributed by atoms with Gasteiger partial charge < -0.3 is 8.92 Å². The third-order valence-electron chi connectivity index (χ3n) is 8.53. The van der Waals surface area contributed by atoms with Gasteiger partial charge in [-0.25, -0.2) is 0 Å². The summed E-state index contributed by atoms with van der Waals surface area (Å²) in [6.45, 7) is 2.10. The molecule has 0 bridgehead atoms. The van der Waals surface area contributed by atoms with Gasteiger partial charge in [-0.15, -0.1) is 9.32 Å². The molecule has 1 heterocycles. The van der Waals surface area contributed by atoms with Crippen LogP contribution in [0.4, 0.5) is 0 Å². The topological polar surface area (TPSA) is 66.2 Å². The molecule has 31 heavy (non-hydrogen) atoms. The van der Waals surface area contributed by atoms with Gasteiger partial charge in [0.25, 0.3) is 12.3 Å². The Morgan fingerprint density at radius 2 is 2.00 bits per heavy atom. The Bertz CT molecular complexity index is 985. The first kappa shape index (κ1) is 20.1. The summed E-state index contributed by atoms with van der Waals surface area (Å²) in [5, 5.41) is 0. The number of fused-ring (bicyclic) bond motifs is 4. The quantitative estimate of drug-likeness (QED) is 0.215. The maximum absolute atomic E-state index is 6.71. The van der Waals surface area contributed by atoms with E-state index in [9.17, 15) is 0 Å². The summed E-state index contributed by atoms with van der Waals surface area (Å²) in [6, 6.07) is 15.4. The Balaban J connectivity index is 1.23. The van der Waals surface area contributed by atoms with Gasteiger partial charge in [-0.1, -0.05) is 36.4 Å². The maximum atomic E-state index is 6.71. The fourth-order valence-corrected chi connectivity index (χ4v) is 7.60. The molecule has 1 spiro atoms. The van der Waals surface area contributed by atoms with Crippen LogP contribution in [0.5, 0.6) is 5.75 Å². The second-order valence-corrected chi connectivity index (χ2v) is 10.2. The van der Waals surface area contributed by atoms with Gasteiger partial charge in [0.2, 0.25) is 0 Å². The largest absolute Gasteiger partial charge is 0.398 e. The molecule has 6 rings (SSSR count). The lowest BCUT2D eigenvalue weighted by atomic mass is 9.59. The van der Waals surface area contributed by atoms with Crippen molar-refractivity contribution in [2.24, 2.45) is 17.7 Å². The van der Waals surface area contributed by atoms with Gasteiger partial charge in [0.05, 0.1) is 0 Å². The molecule has 0 aromatic heterocycles. The summed E-state index contributed by atoms with van der Waals surface area (Å²) in [5.41, 5.74) is 5.72. The lowest BCUT2D eigenvalue weighted by Crippen LogP contribution is -2.41. The zero-order chi connectivity index (χ0) is 21.1. The summed E-state index contributed by atoms with van der Waals surface area (Å²) in [6.07, 6.45) is 8.37. The fourth-order valence-electron chi connectivity index (χ4n) is 7.29. The summed E-state index contributed by atoms with van der Waals surface area (Å²) in [4.78, 5) is 4.11. The predicted octanol–water partition coefficient (Wildman–Crippen LogP) is 5.36. The first-order valence-electron chi connectivity index (χ1n) is 11.4. The van der Waals surface area contributed by atoms with Crippen LogP contribution in [0.1, 0.15) is 60.3 Å². The molecule has 3 unspecified atom stereocenters. The number of aryl methyl sites for hydroxylation is 2. The van der Waals surface area contributed by atoms with Crippen LogP contribution in [0, 0.1) is 18.8 Å². The predicted molar refractivity (Wildman–Crippen MR) is 119 cm³/mol. The van der Waals surface area contributed by atoms with Crippen LogP contribution < -0.4 is 10.1 Å². The summed E-state index contributed by atoms with van der Waals surface area (Å²) < 4.78 is 16.9. The molecule has 1 saturated heterocycles. The SMILES string of the molecule is Cc1cc2c(cc1OSOON)CCC1C2CC[C@]23O[C@@]2(Cc2ccccc2)CCC13. The molecule has 1 aliphatic heterocycles. The van der Waals surface area contributed by atoms with Gasteiger partial charge >= 0.3 is 0 Å². The van der Waals surface area contributed by atoms with E-state index < -0.39 is 0 Å². The summed E-state index contributed by atoms with van der Waals surface area (Å²) in [7, 11) is 0. The number of hydrogen-bond acceptors (Lipinski definition) is 6. The Kier molecular flexibility index (Phi) is 4.85. The van der Waals surface area contributed by atoms with Crippen molar-refractivity contribution < 1.29 is 18.2 Å². The van der Waals surface area contributed by atoms with Crippen LogP contribution in [0.2, 0.25) is 0 Å². The van der Waals surface area contributed by atoms with Crippen molar-refractivity contribution in [3.8, 4) is 5.75 Å². The minimum absolute atomic E-state index is 0.0974. The van der Waals surface area contributed by atoms with Crippen molar-refractivity contribution in [3.05, 3.63) is 64.7 Å². The number of hydrogen-bond donors (Lipinski definition) is 1. The van der Waals surface area contributed by atoms with E-state index in [1.807, 2.05) is 0 Å². The van der Waals surface area contributed by atoms with Crippen LogP contribution in [0.3, 0.4) is 0 Å². The molecule has 0 radical (unpaired) electrons. The first-order valence-corrected chi connectivity index (χ1v) is 12.1. The molecule has 3 aliphatic carbocycles. The number of benzene rings is 2. The molecule has 4 aliphatic rings. The normalized spacial score (nSPS) is 35.0. The van der Waals surface area contributed by atoms with Gasteiger partial charge in [0.1, 0.15) is 17.0 Å². The molecule has 5 nitrogen and oxygen atoms in total. The molecule has 2 saturated carbocycles. The Labute approximate surface area is 187 Å². The lowest BCUT2D eigenvalue weighted by molar-refractivity contribution is -0.199. The first-order chi connectivity index (χ1) is 15.2. The zero-order valence-corrected chi connectivity index (χ0v) is 18.7. The van der Waals surface area contributed by atoms with Crippen LogP contribution in [-0.2, 0) is 26.9 Å². The minimum atomic E-state index is 0.0974. The van der Waals surface area contributed by atoms with E-state index >= 15 is 0 Å². The molecular formula is C25H29NO4S. The van der Waals surface area contributed by atoms with Crippen LogP contribution in [0.25, 0.3) is 0 Å². The van der Waals surface area contributed by atoms with Crippen LogP contribution in [0.15, 0.2) is 42.5 Å². The lowest BCUT2D eigenvalue weighted by Gasteiger charge is -2.44. The van der Waals surface area contributed by atoms with E-state index in [0.717, 1.165) is 42.4 Å². The van der Waals surface area contributed by atoms with Crippen molar-refractivity contribution in [2.75, 3.05) is 0 Å². The highest BCUT2D eigenvalue weighted by molar-refractivity contribution is 7.90. The van der Waals surface area contributed by atoms with Crippen molar-refractivity contribution in [3.63, 3.8) is 0 Å². The van der Waals surface area contributed by atoms with Gasteiger partial charge in [0, 0.05) is 6.42 Å². The van der Waals surface area contributed by atoms with E-state index in [4.69, 9.17) is 14.8 Å². The summed E-state index contributed by atoms with van der Waals surface area (Å²) in [5.74, 6) is 7.78. The van der Waals surface area contributed by atoms with Crippen LogP contribution in [-0.4, -0.2) is 11.2 Å². The molecule has 2 aromatic carbocycles. The highest BCUT2D eigenvalue weighted by atomic mass is 32.2. The monoisotopic (exact) mass is 439 g/mol. The van der Waals surface area contributed by atoms with Crippen molar-refractivity contribution >= 4 is 12.3 Å². The van der Waals surface area contributed by atoms with Gasteiger partial charge in [-0.3, -0.25) is 0 Å². The van der Waals surface area contributed by atoms with Crippen molar-refractivity contribution in [1.82, 2.24) is 0 Å². The van der Waals surface area contributed by atoms with Gasteiger partial charge in [0.15, 0.2) is 0 Å². The van der Waals surface area contributed by atoms with E-state index in [2.05, 4.69) is 58.7 Å². The van der Waals surface area contributed by atoms with Crippen LogP contribution >= 0.6 is 12.3 Å². The molecular weight excluding hydrogens is 410 g/mol. The number of nitrogens with two attached hydrogens (primary N) is 1. The molecule has 6 heteroatoms. The second kappa shape index (κ2) is 7.49. The third kappa shape index (κ3) is 3.07. The molecule has 5 atom stereocenters. The number of rotatable bonds is 6. The van der Waals surface area contributed by atoms with Crippen molar-refractivity contribution in [1.29, 1.82) is 0 Å². The van der Waals surface area contributed by atoms with E-state index in [1.165, 1.54) is 48.8 Å². The molecule has 2 N–H and O–H groups in total. The second-order valence-electron chi connectivity index (χ2n) is 9.77. The molecule has 164 valence electrons. The van der Waals surface area contributed by atoms with E-state index in [-0.39, 0.29) is 11.2 Å². The summed E-state index contributed by atoms with van der Waals surface area (Å²) >= 11 is 0.748. The highest BCUT2D eigenvalue weighted by Crippen LogP contribution is 2.72. The fraction of sp³-hybridized carbons (Fsp3) is 0.520. The maximum Gasteiger partial charge on any atom is 0.260 e. The molecule has 2 aromatic rings. The smallest absolute Gasteiger partial charge is 0.260 e. The Hall–Kier alpha value is -1.57. The standard InChI is InChI=1S/C25H29NO4S/c1-16-13-21-18(14-23(16)27-31-30-29-26)7-8-20-19(21)9-12-25-22(20)10-11-24(25,28-25)15-17-5-3-2-4-6-17/h2-6,13-14,19-20,22H,7-12,15,26H2,1H3/t19?,20?,22?,24-,25-/m1/s1. The number of ether oxygens (including phenoxy) is 1. The van der Waals surface area contributed by atoms with Gasteiger partial charge in [-0.05, 0) is 91.5 Å². The third-order valence-corrected chi connectivity index (χ3v) is 8.91. The van der Waals surface area contributed by atoms with Crippen molar-refractivity contribution in [2.45, 2.75) is 69.0 Å². The Morgan fingerprint density at radius 3 is 2.84 bits per heavy atom. The molecule has 0 amide bonds. The minimum Gasteiger partial charge on any atom is -0.398 e. The Morgan fingerprint density at radius 1 is 1.13 bits per heavy atom. The molecule has 3 fully saturated rings. The van der Waals surface area contributed by atoms with E-state index in [0.29, 0.717) is 11.8 Å². The highest BCUT2D eigenvalue weighted by Gasteiger charge is 2.78. The van der Waals surface area contributed by atoms with Gasteiger partial charge in [-0.2, -0.15) is 5.90 Å². The van der Waals surface area contributed by atoms with E-state index in [1.54, 1.807) is 0 Å².